The molecule has 1 heterocycles. The van der Waals surface area contributed by atoms with Crippen LogP contribution in [0.2, 0.25) is 0 Å². The van der Waals surface area contributed by atoms with E-state index in [0.29, 0.717) is 0 Å². The van der Waals surface area contributed by atoms with Gasteiger partial charge in [0.2, 0.25) is 0 Å². The Kier molecular flexibility index (Phi) is 3.82. The molecule has 0 radical (unpaired) electrons. The largest absolute Gasteiger partial charge is 0.456 e. The number of anilines is 2. The Balaban J connectivity index is 1.40. The van der Waals surface area contributed by atoms with Crippen molar-refractivity contribution in [3.8, 4) is 33.8 Å². The third-order valence-corrected chi connectivity index (χ3v) is 5.67. The van der Waals surface area contributed by atoms with E-state index in [1.54, 1.807) is 0 Å². The normalized spacial score (nSPS) is 11.6. The lowest BCUT2D eigenvalue weighted by molar-refractivity contribution is 0.487. The van der Waals surface area contributed by atoms with Crippen molar-refractivity contribution in [2.24, 2.45) is 0 Å². The zero-order valence-electron chi connectivity index (χ0n) is 16.3. The third kappa shape index (κ3) is 2.73. The van der Waals surface area contributed by atoms with E-state index in [-0.39, 0.29) is 0 Å². The molecule has 0 saturated heterocycles. The molecule has 0 aliphatic carbocycles. The Bertz CT molecular complexity index is 1370. The fraction of sp³-hybridized carbons (Fsp3) is 0. The predicted molar refractivity (Wildman–Crippen MR) is 125 cm³/mol. The molecule has 0 aromatic heterocycles. The average Bonchev–Trinajstić information content (AvgIpc) is 2.81. The van der Waals surface area contributed by atoms with Gasteiger partial charge in [0.05, 0.1) is 0 Å². The first-order valence-electron chi connectivity index (χ1n) is 10.1. The third-order valence-electron chi connectivity index (χ3n) is 5.67. The molecular formula is C28H19NO. The molecule has 5 aromatic carbocycles. The lowest BCUT2D eigenvalue weighted by Crippen LogP contribution is -1.99. The van der Waals surface area contributed by atoms with E-state index in [2.05, 4.69) is 90.2 Å². The number of benzene rings is 5. The monoisotopic (exact) mass is 385 g/mol. The summed E-state index contributed by atoms with van der Waals surface area (Å²) < 4.78 is 6.19. The van der Waals surface area contributed by atoms with Gasteiger partial charge in [-0.05, 0) is 47.0 Å². The fourth-order valence-corrected chi connectivity index (χ4v) is 4.22. The molecule has 1 aliphatic rings. The molecule has 0 amide bonds. The molecule has 30 heavy (non-hydrogen) atoms. The molecule has 0 bridgehead atoms. The van der Waals surface area contributed by atoms with Gasteiger partial charge in [0.25, 0.3) is 0 Å². The lowest BCUT2D eigenvalue weighted by atomic mass is 9.94. The molecule has 1 aliphatic heterocycles. The summed E-state index contributed by atoms with van der Waals surface area (Å²) in [7, 11) is 0. The maximum atomic E-state index is 6.19. The summed E-state index contributed by atoms with van der Waals surface area (Å²) in [6.07, 6.45) is 0. The van der Waals surface area contributed by atoms with Crippen molar-refractivity contribution >= 4 is 22.1 Å². The molecule has 5 aromatic rings. The number of rotatable bonds is 3. The molecule has 2 nitrogen and oxygen atoms in total. The zero-order chi connectivity index (χ0) is 19.9. The highest BCUT2D eigenvalue weighted by molar-refractivity contribution is 6.09. The maximum absolute atomic E-state index is 6.19. The van der Waals surface area contributed by atoms with Gasteiger partial charge >= 0.3 is 0 Å². The van der Waals surface area contributed by atoms with Crippen LogP contribution in [0.5, 0.6) is 11.5 Å². The second-order valence-electron chi connectivity index (χ2n) is 7.51. The highest BCUT2D eigenvalue weighted by Crippen LogP contribution is 2.48. The minimum absolute atomic E-state index is 0.907. The number of hydrogen-bond donors (Lipinski definition) is 1. The summed E-state index contributed by atoms with van der Waals surface area (Å²) in [5.74, 6) is 1.82. The van der Waals surface area contributed by atoms with Gasteiger partial charge in [0.1, 0.15) is 11.5 Å². The molecule has 2 heteroatoms. The molecule has 0 atom stereocenters. The van der Waals surface area contributed by atoms with Crippen molar-refractivity contribution in [3.63, 3.8) is 0 Å². The second-order valence-corrected chi connectivity index (χ2v) is 7.51. The molecule has 6 rings (SSSR count). The van der Waals surface area contributed by atoms with E-state index >= 15 is 0 Å². The minimum atomic E-state index is 0.907. The average molecular weight is 385 g/mol. The van der Waals surface area contributed by atoms with Gasteiger partial charge in [-0.1, -0.05) is 78.9 Å². The van der Waals surface area contributed by atoms with E-state index in [1.165, 1.54) is 16.7 Å². The highest BCUT2D eigenvalue weighted by atomic mass is 16.5. The van der Waals surface area contributed by atoms with Gasteiger partial charge < -0.3 is 10.1 Å². The van der Waals surface area contributed by atoms with Crippen LogP contribution in [0.15, 0.2) is 109 Å². The number of ether oxygens (including phenoxy) is 1. The van der Waals surface area contributed by atoms with Crippen LogP contribution in [0, 0.1) is 0 Å². The lowest BCUT2D eigenvalue weighted by Gasteiger charge is -2.22. The van der Waals surface area contributed by atoms with Crippen LogP contribution in [0.3, 0.4) is 0 Å². The zero-order valence-corrected chi connectivity index (χ0v) is 16.3. The Morgan fingerprint density at radius 2 is 1.23 bits per heavy atom. The summed E-state index contributed by atoms with van der Waals surface area (Å²) in [6.45, 7) is 0. The van der Waals surface area contributed by atoms with Crippen LogP contribution in [0.4, 0.5) is 11.4 Å². The van der Waals surface area contributed by atoms with E-state index in [1.807, 2.05) is 24.3 Å². The predicted octanol–water partition coefficient (Wildman–Crippen LogP) is 8.02. The van der Waals surface area contributed by atoms with Crippen molar-refractivity contribution in [3.05, 3.63) is 109 Å². The van der Waals surface area contributed by atoms with Crippen LogP contribution >= 0.6 is 0 Å². The number of hydrogen-bond acceptors (Lipinski definition) is 2. The summed E-state index contributed by atoms with van der Waals surface area (Å²) in [5, 5.41) is 5.91. The topological polar surface area (TPSA) is 21.3 Å². The van der Waals surface area contributed by atoms with E-state index in [4.69, 9.17) is 4.74 Å². The van der Waals surface area contributed by atoms with Crippen LogP contribution in [0.1, 0.15) is 0 Å². The fourth-order valence-electron chi connectivity index (χ4n) is 4.22. The van der Waals surface area contributed by atoms with E-state index < -0.39 is 0 Å². The van der Waals surface area contributed by atoms with Gasteiger partial charge in [-0.2, -0.15) is 0 Å². The number of nitrogens with one attached hydrogen (secondary N) is 1. The van der Waals surface area contributed by atoms with Crippen LogP contribution in [-0.2, 0) is 0 Å². The molecule has 0 unspecified atom stereocenters. The van der Waals surface area contributed by atoms with Crippen molar-refractivity contribution in [1.82, 2.24) is 0 Å². The number of para-hydroxylation sites is 1. The van der Waals surface area contributed by atoms with E-state index in [9.17, 15) is 0 Å². The standard InChI is InChI=1S/C28H19NO/c1-2-7-19(8-3-1)20-13-15-21(16-14-20)29-25-18-17-23-22-9-4-5-11-26(22)30-27-12-6-10-24(25)28(23)27/h1-18,29H. The Labute approximate surface area is 175 Å². The maximum Gasteiger partial charge on any atom is 0.135 e. The summed E-state index contributed by atoms with van der Waals surface area (Å²) >= 11 is 0. The number of fused-ring (bicyclic) bond motifs is 2. The second kappa shape index (κ2) is 6.78. The molecule has 0 fully saturated rings. The quantitative estimate of drug-likeness (QED) is 0.333. The minimum Gasteiger partial charge on any atom is -0.456 e. The van der Waals surface area contributed by atoms with Crippen LogP contribution in [-0.4, -0.2) is 0 Å². The van der Waals surface area contributed by atoms with E-state index in [0.717, 1.165) is 39.2 Å². The van der Waals surface area contributed by atoms with Crippen LogP contribution in [0.25, 0.3) is 33.0 Å². The smallest absolute Gasteiger partial charge is 0.135 e. The summed E-state index contributed by atoms with van der Waals surface area (Å²) in [5.41, 5.74) is 6.93. The first-order valence-corrected chi connectivity index (χ1v) is 10.1. The summed E-state index contributed by atoms with van der Waals surface area (Å²) in [6, 6.07) is 37.8. The molecule has 142 valence electrons. The molecule has 1 N–H and O–H groups in total. The van der Waals surface area contributed by atoms with Gasteiger partial charge in [0, 0.05) is 27.7 Å². The van der Waals surface area contributed by atoms with Crippen molar-refractivity contribution < 1.29 is 4.74 Å². The Morgan fingerprint density at radius 1 is 0.500 bits per heavy atom. The summed E-state index contributed by atoms with van der Waals surface area (Å²) in [4.78, 5) is 0. The van der Waals surface area contributed by atoms with Gasteiger partial charge in [-0.3, -0.25) is 0 Å². The first kappa shape index (κ1) is 16.9. The molecule has 0 spiro atoms. The molecule has 0 saturated carbocycles. The highest BCUT2D eigenvalue weighted by Gasteiger charge is 2.20. The van der Waals surface area contributed by atoms with Gasteiger partial charge in [-0.15, -0.1) is 0 Å². The van der Waals surface area contributed by atoms with Gasteiger partial charge in [0.15, 0.2) is 0 Å². The van der Waals surface area contributed by atoms with Crippen molar-refractivity contribution in [1.29, 1.82) is 0 Å². The van der Waals surface area contributed by atoms with Crippen molar-refractivity contribution in [2.45, 2.75) is 0 Å². The first-order chi connectivity index (χ1) is 14.9. The SMILES string of the molecule is c1ccc(-c2ccc(Nc3ccc4c5c(cccc35)Oc3ccccc3-4)cc2)cc1. The van der Waals surface area contributed by atoms with Crippen LogP contribution < -0.4 is 10.1 Å². The Morgan fingerprint density at radius 3 is 2.10 bits per heavy atom. The molecular weight excluding hydrogens is 366 g/mol. The van der Waals surface area contributed by atoms with Crippen molar-refractivity contribution in [2.75, 3.05) is 5.32 Å². The Hall–Kier alpha value is -4.04. The van der Waals surface area contributed by atoms with Gasteiger partial charge in [-0.25, -0.2) is 0 Å².